The highest BCUT2D eigenvalue weighted by atomic mass is 14.9. The van der Waals surface area contributed by atoms with Crippen LogP contribution in [0.1, 0.15) is 6.92 Å². The van der Waals surface area contributed by atoms with Gasteiger partial charge in [0.25, 0.3) is 0 Å². The van der Waals surface area contributed by atoms with Gasteiger partial charge in [-0.3, -0.25) is 0 Å². The van der Waals surface area contributed by atoms with Gasteiger partial charge in [0.15, 0.2) is 0 Å². The van der Waals surface area contributed by atoms with Gasteiger partial charge in [0.1, 0.15) is 0 Å². The zero-order chi connectivity index (χ0) is 11.9. The molecule has 0 aliphatic rings. The van der Waals surface area contributed by atoms with E-state index in [1.54, 1.807) is 0 Å². The lowest BCUT2D eigenvalue weighted by Gasteiger charge is -2.07. The van der Waals surface area contributed by atoms with Crippen molar-refractivity contribution in [1.29, 1.82) is 0 Å². The number of anilines is 2. The molecule has 0 fully saturated rings. The van der Waals surface area contributed by atoms with Gasteiger partial charge >= 0.3 is 0 Å². The maximum Gasteiger partial charge on any atom is 0.0382 e. The van der Waals surface area contributed by atoms with Crippen LogP contribution >= 0.6 is 0 Å². The molecule has 0 aliphatic heterocycles. The number of hydrogen-bond acceptors (Lipinski definition) is 2. The summed E-state index contributed by atoms with van der Waals surface area (Å²) in [6.07, 6.45) is 1.96. The van der Waals surface area contributed by atoms with Crippen molar-refractivity contribution in [2.45, 2.75) is 6.92 Å². The molecule has 86 valence electrons. The van der Waals surface area contributed by atoms with Gasteiger partial charge in [-0.2, -0.15) is 0 Å². The Morgan fingerprint density at radius 1 is 0.824 bits per heavy atom. The van der Waals surface area contributed by atoms with E-state index in [-0.39, 0.29) is 0 Å². The molecule has 2 aromatic rings. The summed E-state index contributed by atoms with van der Waals surface area (Å²) in [6, 6.07) is 20.2. The molecule has 2 aromatic carbocycles. The topological polar surface area (TPSA) is 24.1 Å². The smallest absolute Gasteiger partial charge is 0.0382 e. The predicted octanol–water partition coefficient (Wildman–Crippen LogP) is 4.07. The second-order valence-electron chi connectivity index (χ2n) is 3.83. The first kappa shape index (κ1) is 11.3. The quantitative estimate of drug-likeness (QED) is 0.818. The number of nitrogens with one attached hydrogen (secondary N) is 2. The van der Waals surface area contributed by atoms with Crippen molar-refractivity contribution in [3.63, 3.8) is 0 Å². The van der Waals surface area contributed by atoms with Gasteiger partial charge < -0.3 is 10.6 Å². The Balaban J connectivity index is 1.94. The summed E-state index contributed by atoms with van der Waals surface area (Å²) in [7, 11) is 0. The minimum Gasteiger partial charge on any atom is -0.360 e. The Bertz CT molecular complexity index is 475. The molecule has 0 saturated carbocycles. The Morgan fingerprint density at radius 3 is 1.94 bits per heavy atom. The molecule has 0 bridgehead atoms. The Hall–Kier alpha value is -2.22. The van der Waals surface area contributed by atoms with Gasteiger partial charge in [-0.05, 0) is 31.2 Å². The SMILES string of the molecule is CC(=CNc1ccccc1)Nc1ccccc1. The molecular weight excluding hydrogens is 208 g/mol. The molecule has 2 nitrogen and oxygen atoms in total. The molecule has 0 spiro atoms. The van der Waals surface area contributed by atoms with Gasteiger partial charge in [0.05, 0.1) is 0 Å². The number of allylic oxidation sites excluding steroid dienone is 1. The number of rotatable bonds is 4. The van der Waals surface area contributed by atoms with E-state index in [1.807, 2.05) is 73.8 Å². The van der Waals surface area contributed by atoms with E-state index in [4.69, 9.17) is 0 Å². The lowest BCUT2D eigenvalue weighted by molar-refractivity contribution is 1.35. The summed E-state index contributed by atoms with van der Waals surface area (Å²) in [5.41, 5.74) is 3.25. The van der Waals surface area contributed by atoms with Crippen LogP contribution in [0.25, 0.3) is 0 Å². The molecule has 0 radical (unpaired) electrons. The molecule has 0 saturated heterocycles. The van der Waals surface area contributed by atoms with E-state index in [9.17, 15) is 0 Å². The van der Waals surface area contributed by atoms with Gasteiger partial charge in [-0.15, -0.1) is 0 Å². The zero-order valence-electron chi connectivity index (χ0n) is 9.85. The highest BCUT2D eigenvalue weighted by molar-refractivity contribution is 5.50. The van der Waals surface area contributed by atoms with Crippen molar-refractivity contribution in [1.82, 2.24) is 0 Å². The van der Waals surface area contributed by atoms with Crippen LogP contribution < -0.4 is 10.6 Å². The third-order valence-electron chi connectivity index (χ3n) is 2.34. The molecule has 0 unspecified atom stereocenters. The highest BCUT2D eigenvalue weighted by Crippen LogP contribution is 2.10. The van der Waals surface area contributed by atoms with Crippen LogP contribution in [0.15, 0.2) is 72.6 Å². The predicted molar refractivity (Wildman–Crippen MR) is 73.9 cm³/mol. The summed E-state index contributed by atoms with van der Waals surface area (Å²) >= 11 is 0. The molecular formula is C15H16N2. The normalized spacial score (nSPS) is 11.0. The molecule has 0 amide bonds. The van der Waals surface area contributed by atoms with Crippen LogP contribution in [0, 0.1) is 0 Å². The minimum absolute atomic E-state index is 1.07. The summed E-state index contributed by atoms with van der Waals surface area (Å²) in [5.74, 6) is 0. The zero-order valence-corrected chi connectivity index (χ0v) is 9.85. The van der Waals surface area contributed by atoms with Gasteiger partial charge in [-0.25, -0.2) is 0 Å². The fourth-order valence-electron chi connectivity index (χ4n) is 1.51. The van der Waals surface area contributed by atoms with E-state index in [1.165, 1.54) is 0 Å². The van der Waals surface area contributed by atoms with Crippen molar-refractivity contribution in [3.05, 3.63) is 72.6 Å². The molecule has 17 heavy (non-hydrogen) atoms. The van der Waals surface area contributed by atoms with Crippen molar-refractivity contribution in [3.8, 4) is 0 Å². The summed E-state index contributed by atoms with van der Waals surface area (Å²) in [6.45, 7) is 2.03. The number of hydrogen-bond donors (Lipinski definition) is 2. The number of benzene rings is 2. The van der Waals surface area contributed by atoms with Gasteiger partial charge in [-0.1, -0.05) is 36.4 Å². The Labute approximate surface area is 102 Å². The first-order valence-corrected chi connectivity index (χ1v) is 5.65. The Kier molecular flexibility index (Phi) is 3.81. The van der Waals surface area contributed by atoms with E-state index >= 15 is 0 Å². The van der Waals surface area contributed by atoms with E-state index < -0.39 is 0 Å². The third-order valence-corrected chi connectivity index (χ3v) is 2.34. The summed E-state index contributed by atoms with van der Waals surface area (Å²) in [5, 5.41) is 6.55. The van der Waals surface area contributed by atoms with Crippen LogP contribution in [0.4, 0.5) is 11.4 Å². The minimum atomic E-state index is 1.07. The average Bonchev–Trinajstić information content (AvgIpc) is 2.39. The summed E-state index contributed by atoms with van der Waals surface area (Å²) < 4.78 is 0. The van der Waals surface area contributed by atoms with E-state index in [0.717, 1.165) is 17.1 Å². The van der Waals surface area contributed by atoms with Crippen molar-refractivity contribution < 1.29 is 0 Å². The lowest BCUT2D eigenvalue weighted by atomic mass is 10.3. The van der Waals surface area contributed by atoms with Crippen LogP contribution in [0.3, 0.4) is 0 Å². The second-order valence-corrected chi connectivity index (χ2v) is 3.83. The maximum atomic E-state index is 3.31. The molecule has 0 atom stereocenters. The van der Waals surface area contributed by atoms with E-state index in [0.29, 0.717) is 0 Å². The largest absolute Gasteiger partial charge is 0.360 e. The third kappa shape index (κ3) is 3.68. The average molecular weight is 224 g/mol. The van der Waals surface area contributed by atoms with Crippen LogP contribution in [-0.2, 0) is 0 Å². The molecule has 2 rings (SSSR count). The van der Waals surface area contributed by atoms with Gasteiger partial charge in [0.2, 0.25) is 0 Å². The molecule has 0 heterocycles. The first-order valence-electron chi connectivity index (χ1n) is 5.65. The van der Waals surface area contributed by atoms with Crippen molar-refractivity contribution in [2.75, 3.05) is 10.6 Å². The molecule has 0 aliphatic carbocycles. The molecule has 2 heteroatoms. The second kappa shape index (κ2) is 5.75. The van der Waals surface area contributed by atoms with E-state index in [2.05, 4.69) is 10.6 Å². The molecule has 0 aromatic heterocycles. The standard InChI is InChI=1S/C15H16N2/c1-13(17-15-10-6-3-7-11-15)12-16-14-8-4-2-5-9-14/h2-12,16-17H,1H3. The van der Waals surface area contributed by atoms with Gasteiger partial charge in [0, 0.05) is 23.3 Å². The first-order chi connectivity index (χ1) is 8.34. The van der Waals surface area contributed by atoms with Crippen molar-refractivity contribution >= 4 is 11.4 Å². The monoisotopic (exact) mass is 224 g/mol. The van der Waals surface area contributed by atoms with Crippen LogP contribution in [-0.4, -0.2) is 0 Å². The molecule has 2 N–H and O–H groups in total. The fourth-order valence-corrected chi connectivity index (χ4v) is 1.51. The van der Waals surface area contributed by atoms with Crippen LogP contribution in [0.5, 0.6) is 0 Å². The van der Waals surface area contributed by atoms with Crippen molar-refractivity contribution in [2.24, 2.45) is 0 Å². The lowest BCUT2D eigenvalue weighted by Crippen LogP contribution is -1.98. The number of para-hydroxylation sites is 2. The fraction of sp³-hybridized carbons (Fsp3) is 0.0667. The summed E-state index contributed by atoms with van der Waals surface area (Å²) in [4.78, 5) is 0. The maximum absolute atomic E-state index is 3.31. The Morgan fingerprint density at radius 2 is 1.35 bits per heavy atom. The van der Waals surface area contributed by atoms with Crippen LogP contribution in [0.2, 0.25) is 0 Å². The highest BCUT2D eigenvalue weighted by Gasteiger charge is 1.91.